The molecule has 0 saturated carbocycles. The fraction of sp³-hybridized carbons (Fsp3) is 0.636. The summed E-state index contributed by atoms with van der Waals surface area (Å²) in [6, 6.07) is 0.741. The van der Waals surface area contributed by atoms with E-state index in [1.54, 1.807) is 0 Å². The van der Waals surface area contributed by atoms with Crippen molar-refractivity contribution in [1.29, 1.82) is 0 Å². The molecule has 1 fully saturated rings. The number of carbonyl (C=O) groups is 1. The Hall–Kier alpha value is -1.57. The van der Waals surface area contributed by atoms with E-state index in [1.165, 1.54) is 0 Å². The van der Waals surface area contributed by atoms with Gasteiger partial charge in [-0.25, -0.2) is 0 Å². The van der Waals surface area contributed by atoms with Crippen LogP contribution in [-0.4, -0.2) is 34.9 Å². The average molecular weight is 277 g/mol. The maximum absolute atomic E-state index is 12.5. The van der Waals surface area contributed by atoms with Gasteiger partial charge in [0, 0.05) is 26.3 Å². The zero-order chi connectivity index (χ0) is 14.0. The van der Waals surface area contributed by atoms with Gasteiger partial charge < -0.3 is 10.1 Å². The van der Waals surface area contributed by atoms with Crippen LogP contribution in [0.15, 0.2) is 6.07 Å². The van der Waals surface area contributed by atoms with Crippen LogP contribution in [0.4, 0.5) is 13.2 Å². The van der Waals surface area contributed by atoms with Gasteiger partial charge in [0.1, 0.15) is 5.69 Å². The number of halogens is 3. The summed E-state index contributed by atoms with van der Waals surface area (Å²) in [6.45, 7) is 0.944. The number of nitrogens with one attached hydrogen (secondary N) is 1. The molecule has 1 aromatic heterocycles. The number of ether oxygens (including phenoxy) is 1. The van der Waals surface area contributed by atoms with Gasteiger partial charge in [-0.15, -0.1) is 0 Å². The highest BCUT2D eigenvalue weighted by Gasteiger charge is 2.35. The van der Waals surface area contributed by atoms with E-state index in [9.17, 15) is 18.0 Å². The van der Waals surface area contributed by atoms with Crippen molar-refractivity contribution >= 4 is 5.91 Å². The normalized spacial score (nSPS) is 19.7. The van der Waals surface area contributed by atoms with E-state index in [0.717, 1.165) is 26.0 Å². The summed E-state index contributed by atoms with van der Waals surface area (Å²) in [6.07, 6.45) is -2.80. The predicted molar refractivity (Wildman–Crippen MR) is 59.5 cm³/mol. The first-order chi connectivity index (χ1) is 8.88. The van der Waals surface area contributed by atoms with Crippen LogP contribution in [0.2, 0.25) is 0 Å². The molecule has 19 heavy (non-hydrogen) atoms. The van der Waals surface area contributed by atoms with Gasteiger partial charge in [0.25, 0.3) is 5.91 Å². The van der Waals surface area contributed by atoms with E-state index in [-0.39, 0.29) is 18.3 Å². The maximum Gasteiger partial charge on any atom is 0.433 e. The summed E-state index contributed by atoms with van der Waals surface area (Å²) < 4.78 is 43.6. The van der Waals surface area contributed by atoms with Crippen LogP contribution in [0.1, 0.15) is 29.0 Å². The van der Waals surface area contributed by atoms with Crippen molar-refractivity contribution in [1.82, 2.24) is 15.1 Å². The van der Waals surface area contributed by atoms with Crippen molar-refractivity contribution in [3.8, 4) is 0 Å². The lowest BCUT2D eigenvalue weighted by molar-refractivity contribution is -0.143. The number of aromatic nitrogens is 2. The SMILES string of the molecule is Cn1nc(C(=O)NCC2CCCO2)cc1C(F)(F)F. The van der Waals surface area contributed by atoms with E-state index in [1.807, 2.05) is 0 Å². The highest BCUT2D eigenvalue weighted by molar-refractivity contribution is 5.92. The summed E-state index contributed by atoms with van der Waals surface area (Å²) in [7, 11) is 1.15. The molecule has 1 aliphatic heterocycles. The number of rotatable bonds is 3. The standard InChI is InChI=1S/C11H14F3N3O2/c1-17-9(11(12,13)14)5-8(16-17)10(18)15-6-7-3-2-4-19-7/h5,7H,2-4,6H2,1H3,(H,15,18). The zero-order valence-electron chi connectivity index (χ0n) is 10.3. The minimum atomic E-state index is -4.52. The first-order valence-corrected chi connectivity index (χ1v) is 5.89. The first-order valence-electron chi connectivity index (χ1n) is 5.89. The number of carbonyl (C=O) groups excluding carboxylic acids is 1. The number of amides is 1. The van der Waals surface area contributed by atoms with Gasteiger partial charge in [0.2, 0.25) is 0 Å². The van der Waals surface area contributed by atoms with E-state index < -0.39 is 17.8 Å². The quantitative estimate of drug-likeness (QED) is 0.907. The lowest BCUT2D eigenvalue weighted by atomic mass is 10.2. The van der Waals surface area contributed by atoms with E-state index in [0.29, 0.717) is 11.3 Å². The Morgan fingerprint density at radius 3 is 2.89 bits per heavy atom. The Labute approximate surface area is 107 Å². The molecule has 1 aromatic rings. The topological polar surface area (TPSA) is 56.2 Å². The number of hydrogen-bond donors (Lipinski definition) is 1. The Morgan fingerprint density at radius 2 is 2.37 bits per heavy atom. The van der Waals surface area contributed by atoms with Crippen molar-refractivity contribution in [3.05, 3.63) is 17.5 Å². The molecule has 1 amide bonds. The summed E-state index contributed by atoms with van der Waals surface area (Å²) >= 11 is 0. The molecule has 0 radical (unpaired) electrons. The van der Waals surface area contributed by atoms with E-state index in [2.05, 4.69) is 10.4 Å². The molecule has 1 unspecified atom stereocenters. The lowest BCUT2D eigenvalue weighted by Gasteiger charge is -2.09. The third kappa shape index (κ3) is 3.25. The van der Waals surface area contributed by atoms with Crippen molar-refractivity contribution in [2.45, 2.75) is 25.1 Å². The van der Waals surface area contributed by atoms with Crippen LogP contribution in [0.3, 0.4) is 0 Å². The monoisotopic (exact) mass is 277 g/mol. The summed E-state index contributed by atoms with van der Waals surface area (Å²) in [5.74, 6) is -0.624. The summed E-state index contributed by atoms with van der Waals surface area (Å²) in [5.41, 5.74) is -1.19. The Bertz CT molecular complexity index is 464. The third-order valence-corrected chi connectivity index (χ3v) is 2.92. The molecule has 2 heterocycles. The Morgan fingerprint density at radius 1 is 1.63 bits per heavy atom. The molecule has 1 aliphatic rings. The van der Waals surface area contributed by atoms with Crippen molar-refractivity contribution in [2.24, 2.45) is 7.05 Å². The van der Waals surface area contributed by atoms with Crippen molar-refractivity contribution < 1.29 is 22.7 Å². The highest BCUT2D eigenvalue weighted by atomic mass is 19.4. The predicted octanol–water partition coefficient (Wildman–Crippen LogP) is 1.35. The smallest absolute Gasteiger partial charge is 0.376 e. The van der Waals surface area contributed by atoms with Crippen LogP contribution in [0.5, 0.6) is 0 Å². The van der Waals surface area contributed by atoms with Gasteiger partial charge in [0.15, 0.2) is 5.69 Å². The number of alkyl halides is 3. The van der Waals surface area contributed by atoms with E-state index in [4.69, 9.17) is 4.74 Å². The van der Waals surface area contributed by atoms with Crippen LogP contribution in [-0.2, 0) is 18.0 Å². The number of aryl methyl sites for hydroxylation is 1. The largest absolute Gasteiger partial charge is 0.433 e. The molecule has 0 spiro atoms. The Balaban J connectivity index is 1.99. The molecular weight excluding hydrogens is 263 g/mol. The van der Waals surface area contributed by atoms with Gasteiger partial charge in [0.05, 0.1) is 6.10 Å². The minimum Gasteiger partial charge on any atom is -0.376 e. The third-order valence-electron chi connectivity index (χ3n) is 2.92. The average Bonchev–Trinajstić information content (AvgIpc) is 2.93. The van der Waals surface area contributed by atoms with Crippen molar-refractivity contribution in [2.75, 3.05) is 13.2 Å². The molecular formula is C11H14F3N3O2. The zero-order valence-corrected chi connectivity index (χ0v) is 10.3. The number of hydrogen-bond acceptors (Lipinski definition) is 3. The lowest BCUT2D eigenvalue weighted by Crippen LogP contribution is -2.32. The van der Waals surface area contributed by atoms with Crippen LogP contribution in [0.25, 0.3) is 0 Å². The van der Waals surface area contributed by atoms with Crippen LogP contribution < -0.4 is 5.32 Å². The second-order valence-electron chi connectivity index (χ2n) is 4.38. The molecule has 106 valence electrons. The molecule has 1 saturated heterocycles. The second-order valence-corrected chi connectivity index (χ2v) is 4.38. The molecule has 0 aromatic carbocycles. The molecule has 5 nitrogen and oxygen atoms in total. The maximum atomic E-state index is 12.5. The highest BCUT2D eigenvalue weighted by Crippen LogP contribution is 2.29. The van der Waals surface area contributed by atoms with Crippen LogP contribution in [0, 0.1) is 0 Å². The molecule has 0 bridgehead atoms. The van der Waals surface area contributed by atoms with Gasteiger partial charge in [-0.1, -0.05) is 0 Å². The fourth-order valence-electron chi connectivity index (χ4n) is 1.95. The minimum absolute atomic E-state index is 0.0604. The van der Waals surface area contributed by atoms with Gasteiger partial charge >= 0.3 is 6.18 Å². The molecule has 1 atom stereocenters. The first kappa shape index (κ1) is 13.9. The fourth-order valence-corrected chi connectivity index (χ4v) is 1.95. The summed E-state index contributed by atoms with van der Waals surface area (Å²) in [4.78, 5) is 11.7. The number of nitrogens with zero attached hydrogens (tertiary/aromatic N) is 2. The van der Waals surface area contributed by atoms with Gasteiger partial charge in [-0.2, -0.15) is 18.3 Å². The van der Waals surface area contributed by atoms with Gasteiger partial charge in [-0.05, 0) is 12.8 Å². The second kappa shape index (κ2) is 5.20. The molecule has 1 N–H and O–H groups in total. The summed E-state index contributed by atoms with van der Waals surface area (Å²) in [5, 5.41) is 6.09. The Kier molecular flexibility index (Phi) is 3.79. The van der Waals surface area contributed by atoms with Gasteiger partial charge in [-0.3, -0.25) is 9.48 Å². The van der Waals surface area contributed by atoms with Crippen LogP contribution >= 0.6 is 0 Å². The molecule has 0 aliphatic carbocycles. The van der Waals surface area contributed by atoms with Crippen molar-refractivity contribution in [3.63, 3.8) is 0 Å². The van der Waals surface area contributed by atoms with E-state index >= 15 is 0 Å². The molecule has 2 rings (SSSR count). The molecule has 8 heteroatoms.